The van der Waals surface area contributed by atoms with Gasteiger partial charge >= 0.3 is 5.97 Å². The number of carbonyl (C=O) groups is 1. The summed E-state index contributed by atoms with van der Waals surface area (Å²) in [5, 5.41) is 0. The second kappa shape index (κ2) is 6.52. The van der Waals surface area contributed by atoms with Gasteiger partial charge in [0.1, 0.15) is 5.69 Å². The number of carbonyl (C=O) groups excluding carboxylic acids is 1. The molecule has 4 rings (SSSR count). The zero-order chi connectivity index (χ0) is 18.1. The molecule has 0 bridgehead atoms. The van der Waals surface area contributed by atoms with Crippen LogP contribution in [0.15, 0.2) is 70.7 Å². The van der Waals surface area contributed by atoms with Crippen molar-refractivity contribution in [2.24, 2.45) is 0 Å². The number of hydrogen-bond donors (Lipinski definition) is 1. The number of nitrogen functional groups attached to an aromatic ring is 1. The Labute approximate surface area is 151 Å². The highest BCUT2D eigenvalue weighted by molar-refractivity contribution is 6.06. The van der Waals surface area contributed by atoms with Gasteiger partial charge in [-0.3, -0.25) is 0 Å². The summed E-state index contributed by atoms with van der Waals surface area (Å²) < 4.78 is 11.1. The maximum atomic E-state index is 12.9. The summed E-state index contributed by atoms with van der Waals surface area (Å²) in [5.41, 5.74) is 9.51. The van der Waals surface area contributed by atoms with Gasteiger partial charge < -0.3 is 14.9 Å². The van der Waals surface area contributed by atoms with Crippen LogP contribution in [0.2, 0.25) is 0 Å². The van der Waals surface area contributed by atoms with Crippen molar-refractivity contribution in [2.45, 2.75) is 12.8 Å². The quantitative estimate of drug-likeness (QED) is 0.728. The molecule has 130 valence electrons. The van der Waals surface area contributed by atoms with Crippen molar-refractivity contribution in [1.29, 1.82) is 0 Å². The van der Waals surface area contributed by atoms with Gasteiger partial charge in [0.05, 0.1) is 18.1 Å². The third kappa shape index (κ3) is 2.58. The van der Waals surface area contributed by atoms with Crippen LogP contribution in [0.5, 0.6) is 0 Å². The molecular weight excluding hydrogens is 328 g/mol. The van der Waals surface area contributed by atoms with Crippen LogP contribution in [0.3, 0.4) is 0 Å². The maximum absolute atomic E-state index is 12.9. The molecule has 1 aliphatic carbocycles. The molecule has 5 nitrogen and oxygen atoms in total. The Morgan fingerprint density at radius 3 is 2.42 bits per heavy atom. The van der Waals surface area contributed by atoms with Gasteiger partial charge in [-0.1, -0.05) is 60.7 Å². The molecule has 1 atom stereocenters. The van der Waals surface area contributed by atoms with E-state index in [4.69, 9.17) is 14.9 Å². The van der Waals surface area contributed by atoms with E-state index >= 15 is 0 Å². The number of nitrogens with zero attached hydrogens (tertiary/aromatic N) is 1. The van der Waals surface area contributed by atoms with E-state index in [1.54, 1.807) is 6.92 Å². The molecule has 1 aromatic heterocycles. The number of fused-ring (bicyclic) bond motifs is 1. The number of nitrogens with two attached hydrogens (primary N) is 1. The molecule has 0 radical (unpaired) electrons. The average Bonchev–Trinajstić information content (AvgIpc) is 3.17. The first-order valence-corrected chi connectivity index (χ1v) is 8.49. The minimum Gasteiger partial charge on any atom is -0.463 e. The van der Waals surface area contributed by atoms with Gasteiger partial charge in [-0.15, -0.1) is 0 Å². The summed E-state index contributed by atoms with van der Waals surface area (Å²) in [4.78, 5) is 17.3. The van der Waals surface area contributed by atoms with Crippen molar-refractivity contribution >= 4 is 17.6 Å². The molecule has 1 heterocycles. The van der Waals surface area contributed by atoms with Crippen LogP contribution in [-0.4, -0.2) is 17.6 Å². The summed E-state index contributed by atoms with van der Waals surface area (Å²) in [6.07, 6.45) is 0. The number of rotatable bonds is 4. The number of anilines is 1. The first-order valence-electron chi connectivity index (χ1n) is 8.49. The van der Waals surface area contributed by atoms with E-state index in [9.17, 15) is 4.79 Å². The van der Waals surface area contributed by atoms with E-state index in [-0.39, 0.29) is 17.9 Å². The van der Waals surface area contributed by atoms with Crippen LogP contribution >= 0.6 is 0 Å². The lowest BCUT2D eigenvalue weighted by Gasteiger charge is -2.15. The summed E-state index contributed by atoms with van der Waals surface area (Å²) in [5.74, 6) is -0.209. The van der Waals surface area contributed by atoms with Crippen molar-refractivity contribution in [3.8, 4) is 0 Å². The fourth-order valence-corrected chi connectivity index (χ4v) is 3.42. The van der Waals surface area contributed by atoms with E-state index in [0.29, 0.717) is 29.2 Å². The van der Waals surface area contributed by atoms with Crippen LogP contribution in [0.25, 0.3) is 5.57 Å². The number of benzene rings is 2. The molecule has 0 aliphatic heterocycles. The fourth-order valence-electron chi connectivity index (χ4n) is 3.42. The highest BCUT2D eigenvalue weighted by Crippen LogP contribution is 2.48. The molecule has 0 saturated carbocycles. The average molecular weight is 346 g/mol. The first-order chi connectivity index (χ1) is 12.7. The predicted octanol–water partition coefficient (Wildman–Crippen LogP) is 3.77. The second-order valence-corrected chi connectivity index (χ2v) is 5.99. The number of ether oxygens (including phenoxy) is 1. The van der Waals surface area contributed by atoms with Crippen LogP contribution in [0.4, 0.5) is 6.01 Å². The van der Waals surface area contributed by atoms with Gasteiger partial charge in [0, 0.05) is 5.57 Å². The van der Waals surface area contributed by atoms with Gasteiger partial charge in [-0.25, -0.2) is 4.79 Å². The fraction of sp³-hybridized carbons (Fsp3) is 0.143. The van der Waals surface area contributed by atoms with Crippen LogP contribution in [-0.2, 0) is 9.53 Å². The third-order valence-corrected chi connectivity index (χ3v) is 4.42. The zero-order valence-corrected chi connectivity index (χ0v) is 14.3. The molecule has 0 fully saturated rings. The number of oxazole rings is 1. The topological polar surface area (TPSA) is 78.3 Å². The lowest BCUT2D eigenvalue weighted by molar-refractivity contribution is -0.138. The van der Waals surface area contributed by atoms with Crippen molar-refractivity contribution in [2.75, 3.05) is 12.3 Å². The van der Waals surface area contributed by atoms with Crippen LogP contribution in [0.1, 0.15) is 35.4 Å². The molecular formula is C21H18N2O3. The minimum atomic E-state index is -0.374. The van der Waals surface area contributed by atoms with Crippen molar-refractivity contribution in [1.82, 2.24) is 4.98 Å². The normalized spacial score (nSPS) is 15.8. The first kappa shape index (κ1) is 16.1. The van der Waals surface area contributed by atoms with E-state index in [1.807, 2.05) is 60.7 Å². The SMILES string of the molecule is CCOC(=O)C1=C(c2ccccc2)c2oc(N)nc2[C@H]1c1ccccc1. The molecule has 0 spiro atoms. The lowest BCUT2D eigenvalue weighted by atomic mass is 9.90. The Balaban J connectivity index is 2.00. The Morgan fingerprint density at radius 2 is 1.77 bits per heavy atom. The highest BCUT2D eigenvalue weighted by atomic mass is 16.5. The molecule has 26 heavy (non-hydrogen) atoms. The summed E-state index contributed by atoms with van der Waals surface area (Å²) >= 11 is 0. The monoisotopic (exact) mass is 346 g/mol. The van der Waals surface area contributed by atoms with Crippen molar-refractivity contribution < 1.29 is 13.9 Å². The van der Waals surface area contributed by atoms with Crippen LogP contribution < -0.4 is 5.73 Å². The predicted molar refractivity (Wildman–Crippen MR) is 98.3 cm³/mol. The smallest absolute Gasteiger partial charge is 0.335 e. The largest absolute Gasteiger partial charge is 0.463 e. The highest BCUT2D eigenvalue weighted by Gasteiger charge is 2.42. The summed E-state index contributed by atoms with van der Waals surface area (Å²) in [6, 6.07) is 19.4. The molecule has 0 unspecified atom stereocenters. The summed E-state index contributed by atoms with van der Waals surface area (Å²) in [6.45, 7) is 2.09. The third-order valence-electron chi connectivity index (χ3n) is 4.42. The minimum absolute atomic E-state index is 0.0901. The molecule has 0 saturated heterocycles. The van der Waals surface area contributed by atoms with E-state index in [1.165, 1.54) is 0 Å². The number of esters is 1. The summed E-state index contributed by atoms with van der Waals surface area (Å²) in [7, 11) is 0. The molecule has 0 amide bonds. The second-order valence-electron chi connectivity index (χ2n) is 5.99. The Bertz CT molecular complexity index is 975. The molecule has 2 N–H and O–H groups in total. The molecule has 3 aromatic rings. The van der Waals surface area contributed by atoms with Crippen molar-refractivity contribution in [3.63, 3.8) is 0 Å². The van der Waals surface area contributed by atoms with Gasteiger partial charge in [0.2, 0.25) is 0 Å². The number of hydrogen-bond acceptors (Lipinski definition) is 5. The van der Waals surface area contributed by atoms with Gasteiger partial charge in [0.25, 0.3) is 6.01 Å². The van der Waals surface area contributed by atoms with Gasteiger partial charge in [0.15, 0.2) is 5.76 Å². The van der Waals surface area contributed by atoms with Crippen molar-refractivity contribution in [3.05, 3.63) is 88.8 Å². The molecule has 2 aromatic carbocycles. The molecule has 5 heteroatoms. The number of aromatic nitrogens is 1. The maximum Gasteiger partial charge on any atom is 0.335 e. The Morgan fingerprint density at radius 1 is 1.12 bits per heavy atom. The van der Waals surface area contributed by atoms with E-state index in [2.05, 4.69) is 4.98 Å². The molecule has 1 aliphatic rings. The van der Waals surface area contributed by atoms with E-state index < -0.39 is 0 Å². The van der Waals surface area contributed by atoms with Crippen LogP contribution in [0, 0.1) is 0 Å². The Hall–Kier alpha value is -3.34. The Kier molecular flexibility index (Phi) is 4.05. The van der Waals surface area contributed by atoms with Gasteiger partial charge in [-0.05, 0) is 18.1 Å². The van der Waals surface area contributed by atoms with Gasteiger partial charge in [-0.2, -0.15) is 4.98 Å². The lowest BCUT2D eigenvalue weighted by Crippen LogP contribution is -2.15. The standard InChI is InChI=1S/C21H18N2O3/c1-2-25-20(24)17-15(13-9-5-3-6-10-13)18-19(26-21(22)23-18)16(17)14-11-7-4-8-12-14/h3-12,15H,2H2,1H3,(H2,22,23)/t15-/m0/s1. The zero-order valence-electron chi connectivity index (χ0n) is 14.3. The van der Waals surface area contributed by atoms with E-state index in [0.717, 1.165) is 11.1 Å².